The van der Waals surface area contributed by atoms with Crippen LogP contribution in [0.5, 0.6) is 0 Å². The van der Waals surface area contributed by atoms with E-state index < -0.39 is 0 Å². The average Bonchev–Trinajstić information content (AvgIpc) is 2.49. The summed E-state index contributed by atoms with van der Waals surface area (Å²) < 4.78 is 1.22. The normalized spacial score (nSPS) is 13.5. The Balaban J connectivity index is 1.75. The van der Waals surface area contributed by atoms with Gasteiger partial charge < -0.3 is 5.32 Å². The molecule has 1 aliphatic rings. The number of nitrogens with one attached hydrogen (secondary N) is 1. The number of aromatic nitrogens is 3. The Bertz CT molecular complexity index is 709. The number of nitrogens with zero attached hydrogens (tertiary/aromatic N) is 3. The third-order valence-electron chi connectivity index (χ3n) is 3.50. The number of anilines is 1. The number of aryl methyl sites for hydroxylation is 2. The number of carbonyl (C=O) groups is 1. The predicted octanol–water partition coefficient (Wildman–Crippen LogP) is 1.16. The largest absolute Gasteiger partial charge is 0.309 e. The summed E-state index contributed by atoms with van der Waals surface area (Å²) in [5.41, 5.74) is 1.73. The molecule has 0 aliphatic heterocycles. The maximum Gasteiger partial charge on any atom is 0.267 e. The van der Waals surface area contributed by atoms with Crippen molar-refractivity contribution >= 4 is 11.7 Å². The summed E-state index contributed by atoms with van der Waals surface area (Å²) in [6.45, 7) is -0.0946. The first kappa shape index (κ1) is 13.5. The summed E-state index contributed by atoms with van der Waals surface area (Å²) in [6.07, 6.45) is 5.55. The number of fused-ring (bicyclic) bond motifs is 1. The van der Waals surface area contributed by atoms with E-state index in [1.165, 1.54) is 4.68 Å². The fraction of sp³-hybridized carbons (Fsp3) is 0.333. The lowest BCUT2D eigenvalue weighted by Gasteiger charge is -2.15. The highest BCUT2D eigenvalue weighted by Crippen LogP contribution is 2.16. The average molecular weight is 284 g/mol. The predicted molar refractivity (Wildman–Crippen MR) is 78.0 cm³/mol. The highest BCUT2D eigenvalue weighted by molar-refractivity contribution is 5.89. The second-order valence-electron chi connectivity index (χ2n) is 5.08. The Labute approximate surface area is 121 Å². The molecule has 0 unspecified atom stereocenters. The first-order valence-electron chi connectivity index (χ1n) is 7.03. The number of hydrogen-bond acceptors (Lipinski definition) is 4. The molecule has 0 spiro atoms. The molecule has 1 N–H and O–H groups in total. The van der Waals surface area contributed by atoms with Crippen molar-refractivity contribution in [2.45, 2.75) is 32.2 Å². The molecule has 2 aromatic rings. The van der Waals surface area contributed by atoms with E-state index in [4.69, 9.17) is 0 Å². The number of carbonyl (C=O) groups excluding carboxylic acids is 1. The molecule has 2 aromatic heterocycles. The molecule has 0 bridgehead atoms. The molecule has 1 amide bonds. The summed E-state index contributed by atoms with van der Waals surface area (Å²) in [5.74, 6) is 0.160. The summed E-state index contributed by atoms with van der Waals surface area (Å²) in [4.78, 5) is 27.9. The van der Waals surface area contributed by atoms with Gasteiger partial charge in [0.15, 0.2) is 0 Å². The number of hydrogen-bond donors (Lipinski definition) is 1. The van der Waals surface area contributed by atoms with Gasteiger partial charge in [0.2, 0.25) is 5.91 Å². The van der Waals surface area contributed by atoms with Crippen LogP contribution in [-0.4, -0.2) is 20.7 Å². The van der Waals surface area contributed by atoms with Gasteiger partial charge in [0.1, 0.15) is 12.4 Å². The second-order valence-corrected chi connectivity index (χ2v) is 5.08. The lowest BCUT2D eigenvalue weighted by Crippen LogP contribution is -2.31. The molecule has 0 aromatic carbocycles. The van der Waals surface area contributed by atoms with Crippen LogP contribution in [0.25, 0.3) is 0 Å². The standard InChI is InChI=1S/C15H16N4O2/c20-14(17-13-7-3-4-8-16-13)10-19-15(21)9-11-5-1-2-6-12(11)18-19/h3-4,7-9H,1-2,5-6,10H2,(H,16,17,20). The monoisotopic (exact) mass is 284 g/mol. The zero-order chi connectivity index (χ0) is 14.7. The Morgan fingerprint density at radius 2 is 2.14 bits per heavy atom. The quantitative estimate of drug-likeness (QED) is 0.917. The third kappa shape index (κ3) is 3.16. The minimum Gasteiger partial charge on any atom is -0.309 e. The van der Waals surface area contributed by atoms with Crippen molar-refractivity contribution in [1.29, 1.82) is 0 Å². The van der Waals surface area contributed by atoms with Crippen LogP contribution in [0.15, 0.2) is 35.3 Å². The van der Waals surface area contributed by atoms with Crippen LogP contribution in [-0.2, 0) is 24.2 Å². The van der Waals surface area contributed by atoms with Crippen LogP contribution in [0.1, 0.15) is 24.1 Å². The molecular weight excluding hydrogens is 268 g/mol. The molecule has 2 heterocycles. The van der Waals surface area contributed by atoms with Gasteiger partial charge in [0, 0.05) is 12.3 Å². The molecular formula is C15H16N4O2. The van der Waals surface area contributed by atoms with Gasteiger partial charge in [-0.15, -0.1) is 0 Å². The molecule has 0 fully saturated rings. The van der Waals surface area contributed by atoms with Crippen molar-refractivity contribution in [1.82, 2.24) is 14.8 Å². The maximum atomic E-state index is 12.0. The van der Waals surface area contributed by atoms with E-state index >= 15 is 0 Å². The molecule has 6 heteroatoms. The Morgan fingerprint density at radius 3 is 2.95 bits per heavy atom. The van der Waals surface area contributed by atoms with Crippen molar-refractivity contribution in [2.75, 3.05) is 5.32 Å². The van der Waals surface area contributed by atoms with Gasteiger partial charge in [0.25, 0.3) is 5.56 Å². The number of pyridine rings is 1. The summed E-state index contributed by atoms with van der Waals surface area (Å²) >= 11 is 0. The van der Waals surface area contributed by atoms with Crippen LogP contribution >= 0.6 is 0 Å². The zero-order valence-corrected chi connectivity index (χ0v) is 11.6. The molecule has 0 saturated carbocycles. The van der Waals surface area contributed by atoms with E-state index in [1.54, 1.807) is 30.5 Å². The smallest absolute Gasteiger partial charge is 0.267 e. The topological polar surface area (TPSA) is 76.9 Å². The van der Waals surface area contributed by atoms with Crippen molar-refractivity contribution in [3.8, 4) is 0 Å². The molecule has 3 rings (SSSR count). The lowest BCUT2D eigenvalue weighted by molar-refractivity contribution is -0.117. The third-order valence-corrected chi connectivity index (χ3v) is 3.50. The van der Waals surface area contributed by atoms with E-state index in [0.717, 1.165) is 36.9 Å². The molecule has 21 heavy (non-hydrogen) atoms. The van der Waals surface area contributed by atoms with Crippen molar-refractivity contribution in [3.63, 3.8) is 0 Å². The fourth-order valence-corrected chi connectivity index (χ4v) is 2.47. The van der Waals surface area contributed by atoms with Gasteiger partial charge in [-0.2, -0.15) is 5.10 Å². The maximum absolute atomic E-state index is 12.0. The number of amides is 1. The first-order valence-corrected chi connectivity index (χ1v) is 7.03. The fourth-order valence-electron chi connectivity index (χ4n) is 2.47. The first-order chi connectivity index (χ1) is 10.2. The Hall–Kier alpha value is -2.50. The second kappa shape index (κ2) is 5.87. The Morgan fingerprint density at radius 1 is 1.29 bits per heavy atom. The van der Waals surface area contributed by atoms with Crippen molar-refractivity contribution < 1.29 is 4.79 Å². The summed E-state index contributed by atoms with van der Waals surface area (Å²) in [7, 11) is 0. The minimum absolute atomic E-state index is 0.0946. The van der Waals surface area contributed by atoms with Gasteiger partial charge in [0.05, 0.1) is 5.69 Å². The van der Waals surface area contributed by atoms with E-state index in [-0.39, 0.29) is 18.0 Å². The SMILES string of the molecule is O=C(Cn1nc2c(cc1=O)CCCC2)Nc1ccccn1. The molecule has 1 aliphatic carbocycles. The van der Waals surface area contributed by atoms with Crippen LogP contribution < -0.4 is 10.9 Å². The molecule has 6 nitrogen and oxygen atoms in total. The van der Waals surface area contributed by atoms with Crippen LogP contribution in [0.4, 0.5) is 5.82 Å². The van der Waals surface area contributed by atoms with Crippen LogP contribution in [0.2, 0.25) is 0 Å². The Kier molecular flexibility index (Phi) is 3.77. The molecule has 0 atom stereocenters. The lowest BCUT2D eigenvalue weighted by atomic mass is 9.97. The van der Waals surface area contributed by atoms with Gasteiger partial charge in [-0.1, -0.05) is 6.07 Å². The molecule has 0 radical (unpaired) electrons. The van der Waals surface area contributed by atoms with Crippen LogP contribution in [0.3, 0.4) is 0 Å². The van der Waals surface area contributed by atoms with Crippen LogP contribution in [0, 0.1) is 0 Å². The van der Waals surface area contributed by atoms with E-state index in [2.05, 4.69) is 15.4 Å². The molecule has 108 valence electrons. The zero-order valence-electron chi connectivity index (χ0n) is 11.6. The van der Waals surface area contributed by atoms with Crippen molar-refractivity contribution in [2.24, 2.45) is 0 Å². The molecule has 0 saturated heterocycles. The minimum atomic E-state index is -0.306. The van der Waals surface area contributed by atoms with Crippen molar-refractivity contribution in [3.05, 3.63) is 52.1 Å². The van der Waals surface area contributed by atoms with Gasteiger partial charge in [-0.3, -0.25) is 9.59 Å². The highest BCUT2D eigenvalue weighted by Gasteiger charge is 2.14. The highest BCUT2D eigenvalue weighted by atomic mass is 16.2. The number of rotatable bonds is 3. The van der Waals surface area contributed by atoms with E-state index in [9.17, 15) is 9.59 Å². The summed E-state index contributed by atoms with van der Waals surface area (Å²) in [6, 6.07) is 6.85. The summed E-state index contributed by atoms with van der Waals surface area (Å²) in [5, 5.41) is 6.97. The van der Waals surface area contributed by atoms with Gasteiger partial charge in [-0.05, 0) is 43.4 Å². The van der Waals surface area contributed by atoms with E-state index in [0.29, 0.717) is 5.82 Å². The van der Waals surface area contributed by atoms with Gasteiger partial charge in [-0.25, -0.2) is 9.67 Å². The van der Waals surface area contributed by atoms with E-state index in [1.807, 2.05) is 0 Å². The van der Waals surface area contributed by atoms with Gasteiger partial charge >= 0.3 is 0 Å².